The summed E-state index contributed by atoms with van der Waals surface area (Å²) < 4.78 is 18.9. The van der Waals surface area contributed by atoms with Gasteiger partial charge in [0, 0.05) is 25.3 Å². The van der Waals surface area contributed by atoms with Gasteiger partial charge in [-0.1, -0.05) is 30.7 Å². The van der Waals surface area contributed by atoms with E-state index >= 15 is 0 Å². The van der Waals surface area contributed by atoms with Crippen LogP contribution in [0.2, 0.25) is 0 Å². The Morgan fingerprint density at radius 2 is 1.78 bits per heavy atom. The van der Waals surface area contributed by atoms with Crippen molar-refractivity contribution in [2.45, 2.75) is 45.3 Å². The second-order valence-electron chi connectivity index (χ2n) is 9.03. The molecule has 0 aliphatic carbocycles. The molecule has 1 heterocycles. The van der Waals surface area contributed by atoms with Gasteiger partial charge in [-0.25, -0.2) is 0 Å². The van der Waals surface area contributed by atoms with E-state index in [4.69, 9.17) is 9.79 Å². The molecule has 36 heavy (non-hydrogen) atoms. The summed E-state index contributed by atoms with van der Waals surface area (Å²) >= 11 is 0. The SMILES string of the molecule is CCOP(=O)(CCCCCN1C(=O)c2ccccc2C1=O)CC(O)CNC(C)c1cccc(C#N)c1. The maximum Gasteiger partial charge on any atom is 0.261 e. The van der Waals surface area contributed by atoms with Gasteiger partial charge in [-0.15, -0.1) is 0 Å². The number of unbranched alkanes of at least 4 members (excludes halogenated alkanes) is 2. The molecule has 0 radical (unpaired) electrons. The summed E-state index contributed by atoms with van der Waals surface area (Å²) in [4.78, 5) is 26.2. The standard InChI is InChI=1S/C27H34N3O5P/c1-3-35-36(34,19-23(31)18-29-20(2)22-11-9-10-21(16-22)17-28)15-8-4-7-14-30-26(32)24-12-5-6-13-25(24)27(30)33/h5-6,9-13,16,20,23,29,31H,3-4,7-8,14-15,18-19H2,1-2H3. The van der Waals surface area contributed by atoms with Crippen LogP contribution in [-0.4, -0.2) is 59.9 Å². The van der Waals surface area contributed by atoms with Crippen molar-refractivity contribution in [3.8, 4) is 6.07 Å². The molecule has 1 aliphatic rings. The fourth-order valence-corrected chi connectivity index (χ4v) is 6.74. The zero-order valence-corrected chi connectivity index (χ0v) is 21.7. The van der Waals surface area contributed by atoms with Gasteiger partial charge in [-0.05, 0) is 56.5 Å². The Morgan fingerprint density at radius 3 is 2.42 bits per heavy atom. The molecule has 3 atom stereocenters. The van der Waals surface area contributed by atoms with Gasteiger partial charge in [0.15, 0.2) is 0 Å². The molecule has 0 fully saturated rings. The van der Waals surface area contributed by atoms with Gasteiger partial charge in [0.2, 0.25) is 7.37 Å². The zero-order chi connectivity index (χ0) is 26.1. The molecule has 0 saturated heterocycles. The van der Waals surface area contributed by atoms with Gasteiger partial charge in [0.05, 0.1) is 41.6 Å². The number of carbonyl (C=O) groups excluding carboxylic acids is 2. The number of nitrogens with one attached hydrogen (secondary N) is 1. The summed E-state index contributed by atoms with van der Waals surface area (Å²) in [7, 11) is -3.04. The van der Waals surface area contributed by atoms with Gasteiger partial charge < -0.3 is 14.9 Å². The summed E-state index contributed by atoms with van der Waals surface area (Å²) in [6, 6.07) is 16.1. The van der Waals surface area contributed by atoms with Gasteiger partial charge >= 0.3 is 0 Å². The van der Waals surface area contributed by atoms with Crippen LogP contribution in [0.15, 0.2) is 48.5 Å². The van der Waals surface area contributed by atoms with Crippen LogP contribution in [0, 0.1) is 11.3 Å². The third-order valence-electron chi connectivity index (χ3n) is 6.29. The third-order valence-corrected chi connectivity index (χ3v) is 8.99. The smallest absolute Gasteiger partial charge is 0.261 e. The van der Waals surface area contributed by atoms with E-state index in [-0.39, 0.29) is 30.6 Å². The van der Waals surface area contributed by atoms with Crippen molar-refractivity contribution in [3.05, 3.63) is 70.8 Å². The van der Waals surface area contributed by atoms with Crippen molar-refractivity contribution in [2.24, 2.45) is 0 Å². The van der Waals surface area contributed by atoms with Crippen molar-refractivity contribution in [2.75, 3.05) is 32.0 Å². The Hall–Kier alpha value is -2.82. The largest absolute Gasteiger partial charge is 0.391 e. The molecule has 2 aromatic carbocycles. The Bertz CT molecular complexity index is 1130. The molecule has 0 aromatic heterocycles. The highest BCUT2D eigenvalue weighted by atomic mass is 31.2. The van der Waals surface area contributed by atoms with Crippen LogP contribution in [-0.2, 0) is 9.09 Å². The molecular weight excluding hydrogens is 477 g/mol. The first-order valence-corrected chi connectivity index (χ1v) is 14.4. The highest BCUT2D eigenvalue weighted by Crippen LogP contribution is 2.48. The summed E-state index contributed by atoms with van der Waals surface area (Å²) in [5, 5.41) is 22.9. The normalized spacial score (nSPS) is 16.3. The van der Waals surface area contributed by atoms with E-state index in [0.717, 1.165) is 5.56 Å². The summed E-state index contributed by atoms with van der Waals surface area (Å²) in [6.45, 7) is 4.59. The van der Waals surface area contributed by atoms with Crippen molar-refractivity contribution >= 4 is 19.2 Å². The molecule has 0 bridgehead atoms. The first-order valence-electron chi connectivity index (χ1n) is 12.4. The molecule has 192 valence electrons. The molecule has 0 spiro atoms. The van der Waals surface area contributed by atoms with Gasteiger partial charge in [-0.3, -0.25) is 19.1 Å². The monoisotopic (exact) mass is 511 g/mol. The van der Waals surface area contributed by atoms with E-state index in [1.165, 1.54) is 4.90 Å². The first kappa shape index (κ1) is 27.8. The quantitative estimate of drug-likeness (QED) is 0.220. The van der Waals surface area contributed by atoms with Crippen LogP contribution in [0.1, 0.15) is 71.0 Å². The number of rotatable bonds is 14. The lowest BCUT2D eigenvalue weighted by Gasteiger charge is -2.23. The van der Waals surface area contributed by atoms with E-state index in [2.05, 4.69) is 11.4 Å². The third kappa shape index (κ3) is 7.11. The topological polar surface area (TPSA) is 120 Å². The van der Waals surface area contributed by atoms with E-state index in [9.17, 15) is 19.3 Å². The summed E-state index contributed by atoms with van der Waals surface area (Å²) in [5.74, 6) is -0.528. The lowest BCUT2D eigenvalue weighted by molar-refractivity contribution is 0.0651. The number of hydrogen-bond acceptors (Lipinski definition) is 7. The highest BCUT2D eigenvalue weighted by molar-refractivity contribution is 7.59. The molecule has 9 heteroatoms. The number of nitrogens with zero attached hydrogens (tertiary/aromatic N) is 2. The second kappa shape index (κ2) is 12.9. The first-order chi connectivity index (χ1) is 17.3. The van der Waals surface area contributed by atoms with Crippen LogP contribution in [0.3, 0.4) is 0 Å². The van der Waals surface area contributed by atoms with Crippen LogP contribution in [0.25, 0.3) is 0 Å². The highest BCUT2D eigenvalue weighted by Gasteiger charge is 2.34. The van der Waals surface area contributed by atoms with Crippen molar-refractivity contribution in [3.63, 3.8) is 0 Å². The van der Waals surface area contributed by atoms with Crippen LogP contribution in [0.5, 0.6) is 0 Å². The number of hydrogen-bond donors (Lipinski definition) is 2. The van der Waals surface area contributed by atoms with Crippen LogP contribution in [0.4, 0.5) is 0 Å². The van der Waals surface area contributed by atoms with E-state index in [1.54, 1.807) is 43.3 Å². The molecule has 1 aliphatic heterocycles. The van der Waals surface area contributed by atoms with Crippen molar-refractivity contribution in [1.29, 1.82) is 5.26 Å². The predicted octanol–water partition coefficient (Wildman–Crippen LogP) is 4.35. The molecule has 2 N–H and O–H groups in total. The number of fused-ring (bicyclic) bond motifs is 1. The molecule has 0 saturated carbocycles. The zero-order valence-electron chi connectivity index (χ0n) is 20.9. The van der Waals surface area contributed by atoms with Crippen LogP contribution >= 0.6 is 7.37 Å². The fraction of sp³-hybridized carbons (Fsp3) is 0.444. The number of benzene rings is 2. The number of aliphatic hydroxyl groups excluding tert-OH is 1. The Kier molecular flexibility index (Phi) is 9.98. The Labute approximate surface area is 212 Å². The minimum absolute atomic E-state index is 0.0528. The Balaban J connectivity index is 1.43. The van der Waals surface area contributed by atoms with Crippen molar-refractivity contribution < 1.29 is 23.8 Å². The van der Waals surface area contributed by atoms with Gasteiger partial charge in [-0.2, -0.15) is 5.26 Å². The number of carbonyl (C=O) groups is 2. The summed E-state index contributed by atoms with van der Waals surface area (Å²) in [6.07, 6.45) is 1.45. The van der Waals surface area contributed by atoms with E-state index < -0.39 is 13.5 Å². The van der Waals surface area contributed by atoms with Gasteiger partial charge in [0.25, 0.3) is 11.8 Å². The van der Waals surface area contributed by atoms with Gasteiger partial charge in [0.1, 0.15) is 0 Å². The lowest BCUT2D eigenvalue weighted by Crippen LogP contribution is -2.32. The maximum atomic E-state index is 13.3. The second-order valence-corrected chi connectivity index (χ2v) is 11.7. The molecule has 2 aromatic rings. The summed E-state index contributed by atoms with van der Waals surface area (Å²) in [5.41, 5.74) is 2.40. The number of imide groups is 1. The molecule has 8 nitrogen and oxygen atoms in total. The predicted molar refractivity (Wildman–Crippen MR) is 138 cm³/mol. The molecule has 3 unspecified atom stereocenters. The van der Waals surface area contributed by atoms with Crippen molar-refractivity contribution in [1.82, 2.24) is 10.2 Å². The molecule has 2 amide bonds. The number of aliphatic hydroxyl groups is 1. The van der Waals surface area contributed by atoms with E-state index in [1.807, 2.05) is 19.1 Å². The minimum atomic E-state index is -3.04. The average molecular weight is 512 g/mol. The molecule has 3 rings (SSSR count). The average Bonchev–Trinajstić information content (AvgIpc) is 3.12. The molecular formula is C27H34N3O5P. The maximum absolute atomic E-state index is 13.3. The number of amides is 2. The Morgan fingerprint density at radius 1 is 1.08 bits per heavy atom. The fourth-order valence-electron chi connectivity index (χ4n) is 4.38. The number of nitriles is 1. The van der Waals surface area contributed by atoms with Crippen LogP contribution < -0.4 is 5.32 Å². The minimum Gasteiger partial charge on any atom is -0.391 e. The van der Waals surface area contributed by atoms with E-state index in [0.29, 0.717) is 55.3 Å². The lowest BCUT2D eigenvalue weighted by atomic mass is 10.1.